The minimum Gasteiger partial charge on any atom is -0.382 e. The van der Waals surface area contributed by atoms with Crippen molar-refractivity contribution >= 4 is 48.0 Å². The van der Waals surface area contributed by atoms with Gasteiger partial charge in [0.25, 0.3) is 0 Å². The lowest BCUT2D eigenvalue weighted by molar-refractivity contribution is -0.211. The number of hydroxylamine groups is 1. The number of rotatable bonds is 5. The highest BCUT2D eigenvalue weighted by Gasteiger charge is 2.35. The van der Waals surface area contributed by atoms with Crippen LogP contribution in [0.3, 0.4) is 0 Å². The molecule has 7 heteroatoms. The highest BCUT2D eigenvalue weighted by atomic mass is 79.9. The van der Waals surface area contributed by atoms with E-state index in [0.29, 0.717) is 13.2 Å². The van der Waals surface area contributed by atoms with Gasteiger partial charge in [0.05, 0.1) is 19.3 Å². The first-order valence-corrected chi connectivity index (χ1v) is 6.85. The van der Waals surface area contributed by atoms with E-state index in [9.17, 15) is 0 Å². The Balaban J connectivity index is 2.58. The second-order valence-electron chi connectivity index (χ2n) is 2.95. The minimum absolute atomic E-state index is 0.252. The Morgan fingerprint density at radius 2 is 2.00 bits per heavy atom. The number of halogens is 3. The molecule has 0 aliphatic carbocycles. The van der Waals surface area contributed by atoms with Gasteiger partial charge in [0.1, 0.15) is 4.61 Å². The van der Waals surface area contributed by atoms with E-state index in [1.54, 1.807) is 12.3 Å². The second kappa shape index (κ2) is 6.56. The van der Waals surface area contributed by atoms with Crippen molar-refractivity contribution in [3.8, 4) is 0 Å². The number of hydrazine groups is 1. The number of methoxy groups -OCH3 is 1. The van der Waals surface area contributed by atoms with Gasteiger partial charge in [-0.1, -0.05) is 22.9 Å². The van der Waals surface area contributed by atoms with Crippen LogP contribution < -0.4 is 0 Å². The Morgan fingerprint density at radius 3 is 2.47 bits per heavy atom. The summed E-state index contributed by atoms with van der Waals surface area (Å²) in [5.74, 6) is 0. The lowest BCUT2D eigenvalue weighted by Crippen LogP contribution is -2.34. The zero-order chi connectivity index (χ0) is 11.4. The monoisotopic (exact) mass is 406 g/mol. The summed E-state index contributed by atoms with van der Waals surface area (Å²) in [5.41, 5.74) is 0. The quantitative estimate of drug-likeness (QED) is 0.396. The van der Waals surface area contributed by atoms with Gasteiger partial charge < -0.3 is 4.74 Å². The van der Waals surface area contributed by atoms with Crippen LogP contribution in [0.25, 0.3) is 0 Å². The van der Waals surface area contributed by atoms with Crippen molar-refractivity contribution in [3.63, 3.8) is 0 Å². The molecule has 0 aromatic heterocycles. The maximum Gasteiger partial charge on any atom is 0.138 e. The Morgan fingerprint density at radius 1 is 1.33 bits per heavy atom. The number of hydrogen-bond donors (Lipinski definition) is 0. The molecule has 0 saturated carbocycles. The van der Waals surface area contributed by atoms with Crippen molar-refractivity contribution in [2.45, 2.75) is 19.4 Å². The van der Waals surface area contributed by atoms with E-state index in [0.717, 1.165) is 15.5 Å². The Kier molecular flexibility index (Phi) is 6.09. The number of hydrogen-bond acceptors (Lipinski definition) is 4. The van der Waals surface area contributed by atoms with Crippen LogP contribution in [0, 0.1) is 0 Å². The van der Waals surface area contributed by atoms with Crippen LogP contribution in [0.15, 0.2) is 9.09 Å². The SMILES string of the molecule is CCC1C(Br)=C(Br)N(OCCOC)N1Br. The van der Waals surface area contributed by atoms with Gasteiger partial charge in [-0.05, 0) is 22.4 Å². The molecule has 0 saturated heterocycles. The predicted octanol–water partition coefficient (Wildman–Crippen LogP) is 3.14. The van der Waals surface area contributed by atoms with E-state index < -0.39 is 0 Å². The third-order valence-electron chi connectivity index (χ3n) is 1.98. The Hall–Kier alpha value is 0.860. The third kappa shape index (κ3) is 3.17. The molecule has 0 aromatic carbocycles. The van der Waals surface area contributed by atoms with Crippen molar-refractivity contribution in [1.29, 1.82) is 0 Å². The summed E-state index contributed by atoms with van der Waals surface area (Å²) in [6.07, 6.45) is 0.977. The summed E-state index contributed by atoms with van der Waals surface area (Å²) in [6, 6.07) is 0.252. The van der Waals surface area contributed by atoms with Crippen LogP contribution in [-0.2, 0) is 9.57 Å². The summed E-state index contributed by atoms with van der Waals surface area (Å²) >= 11 is 10.4. The third-order valence-corrected chi connectivity index (χ3v) is 4.93. The molecule has 0 bridgehead atoms. The largest absolute Gasteiger partial charge is 0.382 e. The van der Waals surface area contributed by atoms with Gasteiger partial charge in [-0.2, -0.15) is 5.17 Å². The number of nitrogens with zero attached hydrogens (tertiary/aromatic N) is 2. The molecule has 1 aliphatic heterocycles. The van der Waals surface area contributed by atoms with E-state index >= 15 is 0 Å². The minimum atomic E-state index is 0.252. The fourth-order valence-electron chi connectivity index (χ4n) is 1.18. The fourth-order valence-corrected chi connectivity index (χ4v) is 3.62. The van der Waals surface area contributed by atoms with Gasteiger partial charge in [-0.3, -0.25) is 4.84 Å². The molecule has 0 spiro atoms. The van der Waals surface area contributed by atoms with Crippen molar-refractivity contribution < 1.29 is 9.57 Å². The average Bonchev–Trinajstić information content (AvgIpc) is 2.42. The van der Waals surface area contributed by atoms with Crippen LogP contribution in [0.5, 0.6) is 0 Å². The van der Waals surface area contributed by atoms with E-state index in [2.05, 4.69) is 54.9 Å². The van der Waals surface area contributed by atoms with Crippen LogP contribution >= 0.6 is 48.0 Å². The lowest BCUT2D eigenvalue weighted by atomic mass is 10.2. The van der Waals surface area contributed by atoms with Gasteiger partial charge in [0.15, 0.2) is 0 Å². The predicted molar refractivity (Wildman–Crippen MR) is 69.4 cm³/mol. The summed E-state index contributed by atoms with van der Waals surface area (Å²) in [7, 11) is 1.65. The lowest BCUT2D eigenvalue weighted by Gasteiger charge is -2.26. The molecule has 0 amide bonds. The molecule has 4 nitrogen and oxygen atoms in total. The van der Waals surface area contributed by atoms with E-state index in [1.807, 2.05) is 4.03 Å². The summed E-state index contributed by atoms with van der Waals surface area (Å²) in [5, 5.41) is 1.66. The zero-order valence-corrected chi connectivity index (χ0v) is 13.3. The van der Waals surface area contributed by atoms with E-state index in [-0.39, 0.29) is 6.04 Å². The molecule has 0 aromatic rings. The summed E-state index contributed by atoms with van der Waals surface area (Å²) in [4.78, 5) is 5.52. The first-order chi connectivity index (χ1) is 7.13. The van der Waals surface area contributed by atoms with Gasteiger partial charge in [0, 0.05) is 27.7 Å². The molecule has 1 atom stereocenters. The first-order valence-electron chi connectivity index (χ1n) is 4.55. The van der Waals surface area contributed by atoms with Crippen LogP contribution in [0.1, 0.15) is 13.3 Å². The summed E-state index contributed by atoms with van der Waals surface area (Å²) in [6.45, 7) is 3.18. The molecule has 15 heavy (non-hydrogen) atoms. The second-order valence-corrected chi connectivity index (χ2v) is 5.28. The van der Waals surface area contributed by atoms with Gasteiger partial charge >= 0.3 is 0 Å². The molecule has 0 N–H and O–H groups in total. The highest BCUT2D eigenvalue weighted by Crippen LogP contribution is 2.39. The first kappa shape index (κ1) is 13.9. The molecule has 1 unspecified atom stereocenters. The normalized spacial score (nSPS) is 23.0. The van der Waals surface area contributed by atoms with Gasteiger partial charge in [0.2, 0.25) is 0 Å². The summed E-state index contributed by atoms with van der Waals surface area (Å²) < 4.78 is 8.73. The van der Waals surface area contributed by atoms with Gasteiger partial charge in [-0.15, -0.1) is 4.03 Å². The Bertz CT molecular complexity index is 250. The molecular formula is C8H13Br3N2O2. The topological polar surface area (TPSA) is 24.9 Å². The van der Waals surface area contributed by atoms with Crippen LogP contribution in [0.4, 0.5) is 0 Å². The van der Waals surface area contributed by atoms with E-state index in [4.69, 9.17) is 9.57 Å². The molecule has 88 valence electrons. The average molecular weight is 409 g/mol. The zero-order valence-electron chi connectivity index (χ0n) is 8.54. The number of ether oxygens (including phenoxy) is 1. The molecular weight excluding hydrogens is 396 g/mol. The molecule has 0 fully saturated rings. The molecule has 1 aliphatic rings. The Labute approximate surface area is 115 Å². The fraction of sp³-hybridized carbons (Fsp3) is 0.750. The smallest absolute Gasteiger partial charge is 0.138 e. The maximum absolute atomic E-state index is 5.52. The van der Waals surface area contributed by atoms with Crippen molar-refractivity contribution in [2.75, 3.05) is 20.3 Å². The van der Waals surface area contributed by atoms with Crippen molar-refractivity contribution in [3.05, 3.63) is 9.09 Å². The molecule has 0 radical (unpaired) electrons. The van der Waals surface area contributed by atoms with Crippen molar-refractivity contribution in [2.24, 2.45) is 0 Å². The molecule has 1 heterocycles. The van der Waals surface area contributed by atoms with Crippen molar-refractivity contribution in [1.82, 2.24) is 9.21 Å². The van der Waals surface area contributed by atoms with Crippen LogP contribution in [-0.4, -0.2) is 35.6 Å². The van der Waals surface area contributed by atoms with E-state index in [1.165, 1.54) is 0 Å². The van der Waals surface area contributed by atoms with Crippen LogP contribution in [0.2, 0.25) is 0 Å². The highest BCUT2D eigenvalue weighted by molar-refractivity contribution is 9.14. The van der Waals surface area contributed by atoms with Gasteiger partial charge in [-0.25, -0.2) is 0 Å². The maximum atomic E-state index is 5.52. The standard InChI is InChI=1S/C8H13Br3N2O2/c1-3-6-7(9)8(10)13(12(6)11)15-5-4-14-2/h6H,3-5H2,1-2H3. The molecule has 1 rings (SSSR count).